The number of nitriles is 1. The largest absolute Gasteiger partial charge is 0.449 e. The molecule has 1 N–H and O–H groups in total. The molecule has 6 nitrogen and oxygen atoms in total. The number of para-hydroxylation sites is 1. The Hall–Kier alpha value is -2.94. The maximum Gasteiger partial charge on any atom is 0.339 e. The van der Waals surface area contributed by atoms with Crippen LogP contribution in [-0.4, -0.2) is 28.5 Å². The molecule has 0 saturated heterocycles. The van der Waals surface area contributed by atoms with E-state index in [1.165, 1.54) is 6.92 Å². The first kappa shape index (κ1) is 21.8. The first-order chi connectivity index (χ1) is 14.3. The number of rotatable bonds is 5. The molecular formula is C24H29N3O3. The molecule has 0 aliphatic heterocycles. The van der Waals surface area contributed by atoms with Crippen molar-refractivity contribution in [3.8, 4) is 6.07 Å². The highest BCUT2D eigenvalue weighted by molar-refractivity contribution is 6.05. The van der Waals surface area contributed by atoms with Gasteiger partial charge in [0.2, 0.25) is 0 Å². The number of amides is 1. The van der Waals surface area contributed by atoms with Crippen LogP contribution in [0.2, 0.25) is 0 Å². The molecule has 6 heteroatoms. The zero-order chi connectivity index (χ0) is 21.9. The summed E-state index contributed by atoms with van der Waals surface area (Å²) in [7, 11) is 0. The molecule has 2 atom stereocenters. The minimum absolute atomic E-state index is 0.0886. The summed E-state index contributed by atoms with van der Waals surface area (Å²) in [6, 6.07) is 9.69. The van der Waals surface area contributed by atoms with Gasteiger partial charge in [0.15, 0.2) is 6.10 Å². The molecule has 0 fully saturated rings. The van der Waals surface area contributed by atoms with E-state index in [4.69, 9.17) is 9.72 Å². The summed E-state index contributed by atoms with van der Waals surface area (Å²) in [4.78, 5) is 30.7. The number of ether oxygens (including phenoxy) is 1. The summed E-state index contributed by atoms with van der Waals surface area (Å²) in [5.74, 6) is -1.09. The normalized spacial score (nSPS) is 16.7. The van der Waals surface area contributed by atoms with Gasteiger partial charge >= 0.3 is 5.97 Å². The van der Waals surface area contributed by atoms with Gasteiger partial charge < -0.3 is 10.1 Å². The monoisotopic (exact) mass is 407 g/mol. The fourth-order valence-electron chi connectivity index (χ4n) is 3.71. The van der Waals surface area contributed by atoms with Crippen LogP contribution in [-0.2, 0) is 22.4 Å². The third-order valence-corrected chi connectivity index (χ3v) is 6.05. The number of hydrogen-bond donors (Lipinski definition) is 1. The fourth-order valence-corrected chi connectivity index (χ4v) is 3.71. The van der Waals surface area contributed by atoms with Gasteiger partial charge in [-0.25, -0.2) is 4.79 Å². The number of nitrogens with one attached hydrogen (secondary N) is 1. The summed E-state index contributed by atoms with van der Waals surface area (Å²) in [5, 5.41) is 12.9. The van der Waals surface area contributed by atoms with Crippen molar-refractivity contribution in [3.05, 3.63) is 41.1 Å². The third-order valence-electron chi connectivity index (χ3n) is 6.05. The van der Waals surface area contributed by atoms with Crippen molar-refractivity contribution >= 4 is 22.8 Å². The number of fused-ring (bicyclic) bond motifs is 2. The van der Waals surface area contributed by atoms with E-state index < -0.39 is 23.5 Å². The fraction of sp³-hybridized carbons (Fsp3) is 0.500. The van der Waals surface area contributed by atoms with Gasteiger partial charge in [-0.3, -0.25) is 9.78 Å². The predicted octanol–water partition coefficient (Wildman–Crippen LogP) is 4.10. The van der Waals surface area contributed by atoms with Crippen LogP contribution in [0.15, 0.2) is 24.3 Å². The Balaban J connectivity index is 1.91. The molecule has 1 aliphatic rings. The topological polar surface area (TPSA) is 92.1 Å². The molecule has 30 heavy (non-hydrogen) atoms. The highest BCUT2D eigenvalue weighted by Gasteiger charge is 2.33. The van der Waals surface area contributed by atoms with E-state index in [1.807, 2.05) is 38.1 Å². The van der Waals surface area contributed by atoms with Crippen LogP contribution >= 0.6 is 0 Å². The molecular weight excluding hydrogens is 378 g/mol. The number of carbonyl (C=O) groups excluding carboxylic acids is 2. The average molecular weight is 408 g/mol. The van der Waals surface area contributed by atoms with Crippen LogP contribution < -0.4 is 5.32 Å². The molecule has 3 rings (SSSR count). The van der Waals surface area contributed by atoms with Gasteiger partial charge in [0.1, 0.15) is 5.54 Å². The van der Waals surface area contributed by atoms with Crippen LogP contribution in [0.4, 0.5) is 0 Å². The lowest BCUT2D eigenvalue weighted by molar-refractivity contribution is -0.130. The first-order valence-electron chi connectivity index (χ1n) is 10.6. The number of pyridine rings is 1. The Morgan fingerprint density at radius 3 is 2.57 bits per heavy atom. The Bertz CT molecular complexity index is 1010. The smallest absolute Gasteiger partial charge is 0.339 e. The lowest BCUT2D eigenvalue weighted by Gasteiger charge is -2.28. The highest BCUT2D eigenvalue weighted by atomic mass is 16.5. The number of aromatic nitrogens is 1. The first-order valence-corrected chi connectivity index (χ1v) is 10.6. The summed E-state index contributed by atoms with van der Waals surface area (Å²) in [6.07, 6.45) is 3.74. The molecule has 1 heterocycles. The van der Waals surface area contributed by atoms with Gasteiger partial charge in [-0.1, -0.05) is 38.5 Å². The number of carbonyl (C=O) groups is 2. The van der Waals surface area contributed by atoms with E-state index in [9.17, 15) is 14.9 Å². The molecule has 1 aromatic heterocycles. The summed E-state index contributed by atoms with van der Waals surface area (Å²) in [6.45, 7) is 6.92. The molecule has 0 saturated carbocycles. The lowest BCUT2D eigenvalue weighted by atomic mass is 9.90. The van der Waals surface area contributed by atoms with Crippen LogP contribution in [0.3, 0.4) is 0 Å². The van der Waals surface area contributed by atoms with E-state index in [0.29, 0.717) is 5.56 Å². The Kier molecular flexibility index (Phi) is 6.40. The zero-order valence-corrected chi connectivity index (χ0v) is 18.1. The van der Waals surface area contributed by atoms with Crippen LogP contribution in [0.1, 0.15) is 68.6 Å². The standard InChI is InChI=1S/C24H29N3O3/c1-15(2)24(4,14-25)27-22(28)16(3)30-23(29)21-17-10-6-5-7-12-19(17)26-20-13-9-8-11-18(20)21/h8-9,11,13,15-16H,5-7,10,12H2,1-4H3,(H,27,28)/t16-,24+/m1/s1. The number of hydrogen-bond acceptors (Lipinski definition) is 5. The predicted molar refractivity (Wildman–Crippen MR) is 115 cm³/mol. The van der Waals surface area contributed by atoms with Gasteiger partial charge in [0.25, 0.3) is 5.91 Å². The Morgan fingerprint density at radius 2 is 1.87 bits per heavy atom. The van der Waals surface area contributed by atoms with E-state index in [-0.39, 0.29) is 5.92 Å². The van der Waals surface area contributed by atoms with Crippen molar-refractivity contribution < 1.29 is 14.3 Å². The second kappa shape index (κ2) is 8.83. The van der Waals surface area contributed by atoms with Gasteiger partial charge in [-0.05, 0) is 57.1 Å². The molecule has 0 spiro atoms. The van der Waals surface area contributed by atoms with Crippen molar-refractivity contribution in [2.75, 3.05) is 0 Å². The molecule has 158 valence electrons. The maximum absolute atomic E-state index is 13.2. The highest BCUT2D eigenvalue weighted by Crippen LogP contribution is 2.29. The summed E-state index contributed by atoms with van der Waals surface area (Å²) < 4.78 is 5.60. The number of aryl methyl sites for hydroxylation is 1. The van der Waals surface area contributed by atoms with Crippen LogP contribution in [0.5, 0.6) is 0 Å². The molecule has 1 amide bonds. The molecule has 0 radical (unpaired) electrons. The van der Waals surface area contributed by atoms with Crippen LogP contribution in [0, 0.1) is 17.2 Å². The Labute approximate surface area is 177 Å². The van der Waals surface area contributed by atoms with Crippen LogP contribution in [0.25, 0.3) is 10.9 Å². The van der Waals surface area contributed by atoms with E-state index >= 15 is 0 Å². The number of benzene rings is 1. The number of esters is 1. The van der Waals surface area contributed by atoms with Crippen molar-refractivity contribution in [3.63, 3.8) is 0 Å². The van der Waals surface area contributed by atoms with E-state index in [1.54, 1.807) is 6.92 Å². The molecule has 2 aromatic rings. The third kappa shape index (κ3) is 4.30. The number of nitrogens with zero attached hydrogens (tertiary/aromatic N) is 2. The van der Waals surface area contributed by atoms with Gasteiger partial charge in [-0.15, -0.1) is 0 Å². The Morgan fingerprint density at radius 1 is 1.17 bits per heavy atom. The second-order valence-electron chi connectivity index (χ2n) is 8.50. The molecule has 0 bridgehead atoms. The minimum atomic E-state index is -1.03. The summed E-state index contributed by atoms with van der Waals surface area (Å²) in [5.41, 5.74) is 2.14. The van der Waals surface area contributed by atoms with Gasteiger partial charge in [-0.2, -0.15) is 5.26 Å². The average Bonchev–Trinajstić information content (AvgIpc) is 2.96. The molecule has 1 aliphatic carbocycles. The SMILES string of the molecule is CC(C)[C@](C)(C#N)NC(=O)[C@@H](C)OC(=O)c1c2c(nc3ccccc13)CCCCC2. The van der Waals surface area contributed by atoms with Crippen molar-refractivity contribution in [2.45, 2.75) is 71.4 Å². The summed E-state index contributed by atoms with van der Waals surface area (Å²) >= 11 is 0. The molecule has 0 unspecified atom stereocenters. The second-order valence-corrected chi connectivity index (χ2v) is 8.50. The minimum Gasteiger partial charge on any atom is -0.449 e. The lowest BCUT2D eigenvalue weighted by Crippen LogP contribution is -2.52. The van der Waals surface area contributed by atoms with Crippen molar-refractivity contribution in [1.82, 2.24) is 10.3 Å². The maximum atomic E-state index is 13.2. The van der Waals surface area contributed by atoms with Crippen molar-refractivity contribution in [1.29, 1.82) is 5.26 Å². The van der Waals surface area contributed by atoms with E-state index in [0.717, 1.165) is 54.3 Å². The van der Waals surface area contributed by atoms with E-state index in [2.05, 4.69) is 11.4 Å². The van der Waals surface area contributed by atoms with Gasteiger partial charge in [0.05, 0.1) is 17.1 Å². The van der Waals surface area contributed by atoms with Gasteiger partial charge in [0, 0.05) is 11.1 Å². The zero-order valence-electron chi connectivity index (χ0n) is 18.1. The molecule has 1 aromatic carbocycles. The van der Waals surface area contributed by atoms with Crippen molar-refractivity contribution in [2.24, 2.45) is 5.92 Å². The quantitative estimate of drug-likeness (QED) is 0.595.